The first-order chi connectivity index (χ1) is 13.9. The molecule has 1 amide bonds. The van der Waals surface area contributed by atoms with Crippen molar-refractivity contribution in [3.05, 3.63) is 36.0 Å². The molecule has 2 saturated heterocycles. The number of carbonyl (C=O) groups excluding carboxylic acids is 2. The highest BCUT2D eigenvalue weighted by Crippen LogP contribution is 2.51. The van der Waals surface area contributed by atoms with Gasteiger partial charge in [0.2, 0.25) is 5.91 Å². The standard InChI is InChI=1S/C19H20N4O5S/c1-3-28-18(27)15-14(11-7-5-4-6-8-11)20-21-22(15)10-19(2)16(17(25)26)23-12(24)9-13(23)29-19/h4-8,13,16H,3,9-10H2,1-2H3,(H,25,26). The van der Waals surface area contributed by atoms with Gasteiger partial charge in [0.05, 0.1) is 29.7 Å². The summed E-state index contributed by atoms with van der Waals surface area (Å²) in [6.45, 7) is 3.77. The van der Waals surface area contributed by atoms with Gasteiger partial charge in [-0.3, -0.25) is 4.79 Å². The number of rotatable bonds is 6. The van der Waals surface area contributed by atoms with Crippen molar-refractivity contribution in [3.63, 3.8) is 0 Å². The van der Waals surface area contributed by atoms with Crippen LogP contribution in [0.1, 0.15) is 30.8 Å². The molecule has 0 spiro atoms. The molecule has 1 aromatic carbocycles. The molecule has 0 radical (unpaired) electrons. The predicted molar refractivity (Wildman–Crippen MR) is 104 cm³/mol. The van der Waals surface area contributed by atoms with Crippen LogP contribution in [-0.4, -0.2) is 65.6 Å². The smallest absolute Gasteiger partial charge is 0.358 e. The predicted octanol–water partition coefficient (Wildman–Crippen LogP) is 1.64. The Hall–Kier alpha value is -2.88. The number of hydrogen-bond donors (Lipinski definition) is 1. The highest BCUT2D eigenvalue weighted by molar-refractivity contribution is 8.01. The lowest BCUT2D eigenvalue weighted by atomic mass is 9.96. The monoisotopic (exact) mass is 416 g/mol. The largest absolute Gasteiger partial charge is 0.480 e. The number of thioether (sulfide) groups is 1. The van der Waals surface area contributed by atoms with Gasteiger partial charge < -0.3 is 14.7 Å². The van der Waals surface area contributed by atoms with Crippen molar-refractivity contribution in [1.82, 2.24) is 19.9 Å². The molecule has 0 aliphatic carbocycles. The first kappa shape index (κ1) is 19.4. The van der Waals surface area contributed by atoms with Gasteiger partial charge >= 0.3 is 11.9 Å². The van der Waals surface area contributed by atoms with Crippen molar-refractivity contribution >= 4 is 29.6 Å². The Morgan fingerprint density at radius 2 is 2.07 bits per heavy atom. The molecule has 3 atom stereocenters. The second kappa shape index (κ2) is 7.18. The van der Waals surface area contributed by atoms with Gasteiger partial charge in [-0.1, -0.05) is 35.5 Å². The van der Waals surface area contributed by atoms with E-state index in [-0.39, 0.29) is 30.1 Å². The van der Waals surface area contributed by atoms with Crippen LogP contribution in [0.2, 0.25) is 0 Å². The quantitative estimate of drug-likeness (QED) is 0.558. The van der Waals surface area contributed by atoms with Gasteiger partial charge in [-0.25, -0.2) is 14.3 Å². The van der Waals surface area contributed by atoms with Gasteiger partial charge in [-0.15, -0.1) is 16.9 Å². The Labute approximate surface area is 171 Å². The maximum atomic E-state index is 12.7. The number of hydrogen-bond acceptors (Lipinski definition) is 7. The van der Waals surface area contributed by atoms with Crippen LogP contribution in [-0.2, 0) is 20.9 Å². The van der Waals surface area contributed by atoms with Crippen molar-refractivity contribution in [2.75, 3.05) is 6.61 Å². The van der Waals surface area contributed by atoms with E-state index in [0.717, 1.165) is 0 Å². The number of fused-ring (bicyclic) bond motifs is 1. The molecule has 9 nitrogen and oxygen atoms in total. The van der Waals surface area contributed by atoms with Gasteiger partial charge in [-0.05, 0) is 13.8 Å². The number of carboxylic acids is 1. The molecule has 29 heavy (non-hydrogen) atoms. The second-order valence-corrected chi connectivity index (χ2v) is 8.87. The number of ether oxygens (including phenoxy) is 1. The van der Waals surface area contributed by atoms with Gasteiger partial charge in [-0.2, -0.15) is 0 Å². The molecule has 0 saturated carbocycles. The summed E-state index contributed by atoms with van der Waals surface area (Å²) in [7, 11) is 0. The zero-order chi connectivity index (χ0) is 20.8. The van der Waals surface area contributed by atoms with Gasteiger partial charge in [0, 0.05) is 5.56 Å². The molecule has 1 N–H and O–H groups in total. The lowest BCUT2D eigenvalue weighted by molar-refractivity contribution is -0.157. The fraction of sp³-hybridized carbons (Fsp3) is 0.421. The third-order valence-corrected chi connectivity index (χ3v) is 6.71. The molecule has 2 fully saturated rings. The lowest BCUT2D eigenvalue weighted by Gasteiger charge is -2.36. The minimum atomic E-state index is -1.07. The Balaban J connectivity index is 1.73. The Morgan fingerprint density at radius 3 is 2.69 bits per heavy atom. The van der Waals surface area contributed by atoms with E-state index in [1.54, 1.807) is 13.8 Å². The molecule has 4 rings (SSSR count). The molecule has 3 unspecified atom stereocenters. The van der Waals surface area contributed by atoms with Crippen LogP contribution in [0.5, 0.6) is 0 Å². The fourth-order valence-corrected chi connectivity index (χ4v) is 5.64. The van der Waals surface area contributed by atoms with Crippen molar-refractivity contribution < 1.29 is 24.2 Å². The number of carboxylic acid groups (broad SMARTS) is 1. The second-order valence-electron chi connectivity index (χ2n) is 7.16. The molecular formula is C19H20N4O5S. The number of carbonyl (C=O) groups is 3. The summed E-state index contributed by atoms with van der Waals surface area (Å²) in [5, 5.41) is 17.9. The zero-order valence-corrected chi connectivity index (χ0v) is 16.8. The van der Waals surface area contributed by atoms with Crippen LogP contribution in [0, 0.1) is 0 Å². The van der Waals surface area contributed by atoms with Crippen molar-refractivity contribution in [2.24, 2.45) is 0 Å². The maximum Gasteiger partial charge on any atom is 0.358 e. The fourth-order valence-electron chi connectivity index (χ4n) is 3.90. The van der Waals surface area contributed by atoms with Gasteiger partial charge in [0.1, 0.15) is 11.7 Å². The van der Waals surface area contributed by atoms with Crippen LogP contribution in [0.25, 0.3) is 11.3 Å². The van der Waals surface area contributed by atoms with E-state index in [0.29, 0.717) is 17.7 Å². The van der Waals surface area contributed by atoms with Gasteiger partial charge in [0.25, 0.3) is 0 Å². The number of β-lactam (4-membered cyclic amide) rings is 1. The topological polar surface area (TPSA) is 115 Å². The summed E-state index contributed by atoms with van der Waals surface area (Å²) in [4.78, 5) is 38.0. The van der Waals surface area contributed by atoms with Crippen LogP contribution >= 0.6 is 11.8 Å². The summed E-state index contributed by atoms with van der Waals surface area (Å²) < 4.78 is 5.74. The molecule has 3 heterocycles. The third-order valence-electron chi connectivity index (χ3n) is 5.16. The minimum absolute atomic E-state index is 0.100. The SMILES string of the molecule is CCOC(=O)c1c(-c2ccccc2)nnn1CC1(C)SC2CC(=O)N2C1C(=O)O. The molecule has 10 heteroatoms. The van der Waals surface area contributed by atoms with Crippen molar-refractivity contribution in [1.29, 1.82) is 0 Å². The number of nitrogens with zero attached hydrogens (tertiary/aromatic N) is 4. The van der Waals surface area contributed by atoms with E-state index < -0.39 is 22.7 Å². The summed E-state index contributed by atoms with van der Waals surface area (Å²) in [6, 6.07) is 8.13. The Morgan fingerprint density at radius 1 is 1.34 bits per heavy atom. The van der Waals surface area contributed by atoms with Crippen molar-refractivity contribution in [2.45, 2.75) is 43.0 Å². The first-order valence-corrected chi connectivity index (χ1v) is 10.1. The Kier molecular flexibility index (Phi) is 4.81. The molecule has 2 aliphatic rings. The van der Waals surface area contributed by atoms with Crippen LogP contribution in [0.15, 0.2) is 30.3 Å². The zero-order valence-electron chi connectivity index (χ0n) is 15.9. The summed E-state index contributed by atoms with van der Waals surface area (Å²) in [5.41, 5.74) is 1.26. The molecule has 2 aliphatic heterocycles. The molecular weight excluding hydrogens is 396 g/mol. The number of amides is 1. The summed E-state index contributed by atoms with van der Waals surface area (Å²) in [5.74, 6) is -1.82. The van der Waals surface area contributed by atoms with E-state index in [4.69, 9.17) is 4.74 Å². The van der Waals surface area contributed by atoms with Gasteiger partial charge in [0.15, 0.2) is 5.69 Å². The van der Waals surface area contributed by atoms with E-state index >= 15 is 0 Å². The minimum Gasteiger partial charge on any atom is -0.480 e. The first-order valence-electron chi connectivity index (χ1n) is 9.23. The highest BCUT2D eigenvalue weighted by atomic mass is 32.2. The van der Waals surface area contributed by atoms with E-state index in [2.05, 4.69) is 10.3 Å². The molecule has 2 aromatic rings. The van der Waals surface area contributed by atoms with Crippen LogP contribution in [0.4, 0.5) is 0 Å². The average Bonchev–Trinajstić information content (AvgIpc) is 3.19. The lowest BCUT2D eigenvalue weighted by Crippen LogP contribution is -2.58. The number of esters is 1. The third kappa shape index (κ3) is 3.17. The summed E-state index contributed by atoms with van der Waals surface area (Å²) in [6.07, 6.45) is 0.321. The van der Waals surface area contributed by atoms with Crippen LogP contribution in [0.3, 0.4) is 0 Å². The van der Waals surface area contributed by atoms with E-state index in [1.807, 2.05) is 30.3 Å². The number of aromatic nitrogens is 3. The summed E-state index contributed by atoms with van der Waals surface area (Å²) >= 11 is 1.42. The average molecular weight is 416 g/mol. The highest BCUT2D eigenvalue weighted by Gasteiger charge is 2.61. The van der Waals surface area contributed by atoms with Crippen molar-refractivity contribution in [3.8, 4) is 11.3 Å². The molecule has 152 valence electrons. The Bertz CT molecular complexity index is 978. The van der Waals surface area contributed by atoms with E-state index in [1.165, 1.54) is 21.3 Å². The number of aliphatic carboxylic acids is 1. The normalized spacial score (nSPS) is 25.4. The number of benzene rings is 1. The molecule has 0 bridgehead atoms. The maximum absolute atomic E-state index is 12.7. The van der Waals surface area contributed by atoms with E-state index in [9.17, 15) is 19.5 Å². The molecule has 1 aromatic heterocycles. The van der Waals surface area contributed by atoms with Crippen LogP contribution < -0.4 is 0 Å².